The molecule has 0 bridgehead atoms. The van der Waals surface area contributed by atoms with E-state index in [0.29, 0.717) is 11.7 Å². The normalized spacial score (nSPS) is 32.3. The number of aliphatic hydroxyl groups excluding tert-OH is 5. The topological polar surface area (TPSA) is 634 Å². The third-order valence-corrected chi connectivity index (χ3v) is 18.0. The van der Waals surface area contributed by atoms with Gasteiger partial charge in [-0.3, -0.25) is 47.6 Å². The van der Waals surface area contributed by atoms with Crippen LogP contribution in [0, 0.1) is 69.7 Å². The van der Waals surface area contributed by atoms with E-state index in [0.717, 1.165) is 29.2 Å². The highest BCUT2D eigenvalue weighted by atomic mass is 32.1. The van der Waals surface area contributed by atoms with Crippen LogP contribution >= 0.6 is 12.2 Å². The molecule has 0 radical (unpaired) electrons. The number of H-pyrrole nitrogens is 4. The van der Waals surface area contributed by atoms with Crippen molar-refractivity contribution in [3.05, 3.63) is 85.2 Å². The van der Waals surface area contributed by atoms with Crippen molar-refractivity contribution in [3.63, 3.8) is 0 Å². The van der Waals surface area contributed by atoms with Crippen LogP contribution in [0.4, 0.5) is 56.1 Å². The van der Waals surface area contributed by atoms with E-state index in [1.807, 2.05) is 0 Å². The molecule has 610 valence electrons. The van der Waals surface area contributed by atoms with Crippen molar-refractivity contribution >= 4 is 97.5 Å². The third-order valence-electron chi connectivity index (χ3n) is 17.7. The molecule has 41 nitrogen and oxygen atoms in total. The fraction of sp³-hybridized carbons (Fsp3) is 0.448. The number of aromatic amines is 4. The zero-order chi connectivity index (χ0) is 92.8. The van der Waals surface area contributed by atoms with Gasteiger partial charge in [0.05, 0.1) is 77.1 Å². The molecule has 5 fully saturated rings. The number of imidazole rings is 3. The van der Waals surface area contributed by atoms with E-state index in [1.54, 1.807) is 0 Å². The van der Waals surface area contributed by atoms with Crippen LogP contribution in [-0.2, 0) is 23.7 Å². The Morgan fingerprint density at radius 1 is 0.470 bits per heavy atom. The standard InChI is InChI=1S/C14H14F2N4O4.C14H15FN4O4.C13H14FN5O4.C13H14FN5O3S.C13H14FN5O3/c1-2-3-14(16)9(22)7(5-21)24-12(14)20-4-6(15)8-10(20)18-13(17)19-11(8)23;1-2-4-14(15)9(21)8(6-20)23-12(14)19-5-3-7-10(19)17-13(16)18-11(7)22;1-2-3-13(14)8(21)6(4-20)23-11(13)19-5-16-7-9(19)17-12(15)18-10(7)22;1-2-3-13(14)8(21)6(4-20)22-11(13)19-5-16-7-9(19)17-12(15)18-10(7)23;1-2-3-13(14)9(21)8(5-20)22-11(13)19-6-17-7-4-16-12(15)18-10(7)19/h4,7,9,12,21-22H,5H2,1H3,(H3,17,18,19,23);3,5,8-9,12,20-21H,6H2,1H3,(H3,16,17,18,22);5-6,8,11,20-21H,4H2,1H3,(H3,15,17,18,22);5-6,8,11,20-21H,4H2,1H3,(H3,15,17,18,23);4,6,8-9,11,20-21H,5H2,1H3,(H2,15,16,18)/t7-,9+,12-,14?;8-,9+,12-,14?;2*6-,8+,11-,13?;8-,9+,11-,13?/m11111/s1/i5D2;6D2;2*4D2;5D2. The number of aromatic nitrogens is 18. The molecular formula is C67H71F6N23O18S. The zero-order valence-electron chi connectivity index (χ0n) is 69.3. The molecule has 10 aromatic heterocycles. The molecule has 24 N–H and O–H groups in total. The number of ether oxygens (including phenoxy) is 5. The second kappa shape index (κ2) is 33.0. The zero-order valence-corrected chi connectivity index (χ0v) is 60.1. The molecule has 0 aliphatic carbocycles. The van der Waals surface area contributed by atoms with Gasteiger partial charge in [-0.2, -0.15) is 19.9 Å². The number of aliphatic hydroxyl groups is 10. The molecule has 115 heavy (non-hydrogen) atoms. The lowest BCUT2D eigenvalue weighted by Gasteiger charge is -2.24. The van der Waals surface area contributed by atoms with Gasteiger partial charge in [0.2, 0.25) is 52.1 Å². The Morgan fingerprint density at radius 2 is 0.835 bits per heavy atom. The molecule has 15 rings (SSSR count). The molecule has 48 heteroatoms. The number of rotatable bonds is 10. The third kappa shape index (κ3) is 14.8. The number of hydrogen-bond acceptors (Lipinski definition) is 33. The lowest BCUT2D eigenvalue weighted by Crippen LogP contribution is -2.42. The Hall–Kier alpha value is -11.7. The molecule has 15 heterocycles. The van der Waals surface area contributed by atoms with E-state index in [4.69, 9.17) is 78.3 Å². The summed E-state index contributed by atoms with van der Waals surface area (Å²) in [5, 5.41) is 98.2. The summed E-state index contributed by atoms with van der Waals surface area (Å²) in [5.41, 5.74) is 11.6. The summed E-state index contributed by atoms with van der Waals surface area (Å²) < 4.78 is 196. The van der Waals surface area contributed by atoms with Gasteiger partial charge in [-0.05, 0) is 40.7 Å². The van der Waals surface area contributed by atoms with Crippen molar-refractivity contribution in [2.24, 2.45) is 0 Å². The highest BCUT2D eigenvalue weighted by Gasteiger charge is 2.62. The molecule has 5 saturated heterocycles. The van der Waals surface area contributed by atoms with Gasteiger partial charge in [0.15, 0.2) is 75.7 Å². The minimum absolute atomic E-state index is 0.0301. The van der Waals surface area contributed by atoms with Gasteiger partial charge >= 0.3 is 0 Å². The summed E-state index contributed by atoms with van der Waals surface area (Å²) in [4.78, 5) is 79.8. The number of nitrogens with one attached hydrogen (secondary N) is 4. The first-order chi connectivity index (χ1) is 58.0. The van der Waals surface area contributed by atoms with Gasteiger partial charge in [0, 0.05) is 12.4 Å². The van der Waals surface area contributed by atoms with Crippen molar-refractivity contribution in [3.8, 4) is 59.2 Å². The number of halogens is 6. The number of hydrogen-bond donors (Lipinski definition) is 19. The van der Waals surface area contributed by atoms with Gasteiger partial charge in [-0.25, -0.2) is 51.3 Å². The predicted molar refractivity (Wildman–Crippen MR) is 390 cm³/mol. The summed E-state index contributed by atoms with van der Waals surface area (Å²) >= 11 is 5.04. The number of alkyl halides is 5. The molecule has 0 amide bonds. The fourth-order valence-electron chi connectivity index (χ4n) is 12.7. The molecule has 20 atom stereocenters. The Kier molecular flexibility index (Phi) is 20.4. The molecule has 10 aromatic rings. The van der Waals surface area contributed by atoms with Crippen LogP contribution in [-0.4, -0.2) is 261 Å². The van der Waals surface area contributed by atoms with Crippen molar-refractivity contribution in [1.29, 1.82) is 0 Å². The number of nitrogens with zero attached hydrogens (tertiary/aromatic N) is 14. The monoisotopic (exact) mass is 1640 g/mol. The molecule has 5 unspecified atom stereocenters. The maximum atomic E-state index is 15.5. The number of fused-ring (bicyclic) bond motifs is 5. The van der Waals surface area contributed by atoms with Crippen molar-refractivity contribution in [2.75, 3.05) is 61.5 Å². The molecule has 0 saturated carbocycles. The quantitative estimate of drug-likeness (QED) is 0.0365. The first-order valence-corrected chi connectivity index (χ1v) is 33.1. The minimum Gasteiger partial charge on any atom is -0.394 e. The maximum Gasteiger partial charge on any atom is 0.280 e. The minimum atomic E-state index is -3.12. The second-order valence-corrected chi connectivity index (χ2v) is 25.1. The summed E-state index contributed by atoms with van der Waals surface area (Å²) in [6, 6.07) is 1.34. The first-order valence-electron chi connectivity index (χ1n) is 37.7. The first kappa shape index (κ1) is 71.1. The van der Waals surface area contributed by atoms with Crippen molar-refractivity contribution < 1.29 is 115 Å². The van der Waals surface area contributed by atoms with E-state index in [2.05, 4.69) is 124 Å². The van der Waals surface area contributed by atoms with Gasteiger partial charge in [0.25, 0.3) is 16.7 Å². The van der Waals surface area contributed by atoms with Crippen LogP contribution in [0.2, 0.25) is 0 Å². The van der Waals surface area contributed by atoms with E-state index >= 15 is 22.0 Å². The van der Waals surface area contributed by atoms with Crippen LogP contribution < -0.4 is 45.3 Å². The maximum absolute atomic E-state index is 15.5. The Balaban J connectivity index is 0.000000152. The summed E-state index contributed by atoms with van der Waals surface area (Å²) in [6.07, 6.45) is -21.9. The van der Waals surface area contributed by atoms with Crippen LogP contribution in [0.25, 0.3) is 55.6 Å². The summed E-state index contributed by atoms with van der Waals surface area (Å²) in [5.74, 6) is 20.3. The van der Waals surface area contributed by atoms with E-state index in [9.17, 15) is 69.8 Å². The van der Waals surface area contributed by atoms with E-state index in [-0.39, 0.29) is 79.0 Å². The van der Waals surface area contributed by atoms with Crippen molar-refractivity contribution in [1.82, 2.24) is 87.6 Å². The van der Waals surface area contributed by atoms with Crippen LogP contribution in [0.3, 0.4) is 0 Å². The Morgan fingerprint density at radius 3 is 1.29 bits per heavy atom. The molecule has 0 spiro atoms. The van der Waals surface area contributed by atoms with Crippen LogP contribution in [0.5, 0.6) is 0 Å². The molecule has 5 aliphatic heterocycles. The molecular weight excluding hydrogens is 1560 g/mol. The highest BCUT2D eigenvalue weighted by Crippen LogP contribution is 2.48. The summed E-state index contributed by atoms with van der Waals surface area (Å²) in [7, 11) is 0. The van der Waals surface area contributed by atoms with Gasteiger partial charge in [0.1, 0.15) is 83.1 Å². The molecule has 0 aromatic carbocycles. The number of nitrogens with two attached hydrogens (primary N) is 5. The van der Waals surface area contributed by atoms with Gasteiger partial charge < -0.3 is 113 Å². The largest absolute Gasteiger partial charge is 0.394 e. The lowest BCUT2D eigenvalue weighted by atomic mass is 9.96. The van der Waals surface area contributed by atoms with E-state index in [1.165, 1.54) is 65.7 Å². The van der Waals surface area contributed by atoms with Gasteiger partial charge in [-0.15, -0.1) is 29.6 Å². The fourth-order valence-corrected chi connectivity index (χ4v) is 12.9. The van der Waals surface area contributed by atoms with Gasteiger partial charge in [-0.1, -0.05) is 41.8 Å². The predicted octanol–water partition coefficient (Wildman–Crippen LogP) is -3.15. The Bertz CT molecular complexity index is 6080. The highest BCUT2D eigenvalue weighted by molar-refractivity contribution is 7.71. The number of anilines is 5. The number of nitrogen functional groups attached to an aromatic ring is 5. The van der Waals surface area contributed by atoms with Crippen LogP contribution in [0.15, 0.2) is 58.0 Å². The molecule has 5 aliphatic rings. The van der Waals surface area contributed by atoms with Crippen LogP contribution in [0.1, 0.15) is 79.5 Å². The Labute approximate surface area is 659 Å². The summed E-state index contributed by atoms with van der Waals surface area (Å²) in [6.45, 7) is -8.52. The average molecular weight is 1640 g/mol. The lowest BCUT2D eigenvalue weighted by molar-refractivity contribution is -0.0504. The van der Waals surface area contributed by atoms with E-state index < -0.39 is 181 Å². The smallest absolute Gasteiger partial charge is 0.280 e. The second-order valence-electron chi connectivity index (χ2n) is 24.7. The van der Waals surface area contributed by atoms with Crippen molar-refractivity contribution in [2.45, 2.75) is 155 Å². The average Bonchev–Trinajstić information content (AvgIpc) is 1.60. The SMILES string of the molecule is [2H]C([2H])(O)[C@H]1O[C@@H](n2cc(F)c3c(=O)[nH]c(N)nc32)C(F)(C#CC)[C@H]1O.[2H]C([2H])(O)[C@H]1O[C@@H](n2ccc3c(=O)[nH]c(N)nc32)C(F)(C#CC)[C@H]1O.[2H]C([2H])(O)[C@H]1O[C@@H](n2cnc3c(=O)[nH]c(N)nc32)C(F)(C#CC)[C@H]1O.[2H]C([2H])(O)[C@H]1O[C@@H](n2cnc3c(=S)nc(N)[nH]c32)C(F)(C#CC)[C@H]1O.[2H]C([2H])(O)[C@H]1O[C@@H](n2cnc3cnc(N)nc32)C(F)(C#CC)[C@H]1O.